The van der Waals surface area contributed by atoms with E-state index in [9.17, 15) is 14.7 Å². The molecule has 3 aromatic carbocycles. The number of carbonyl (C=O) groups excluding carboxylic acids is 2. The van der Waals surface area contributed by atoms with Crippen molar-refractivity contribution >= 4 is 54.7 Å². The minimum absolute atomic E-state index is 0.152. The molecule has 10 rings (SSSR count). The molecular formula is C40H36ClN6O6P. The highest BCUT2D eigenvalue weighted by molar-refractivity contribution is 7.27. The number of hydrogen-bond donors (Lipinski definition) is 5. The van der Waals surface area contributed by atoms with Crippen LogP contribution in [0.1, 0.15) is 62.1 Å². The molecule has 10 bridgehead atoms. The summed E-state index contributed by atoms with van der Waals surface area (Å²) in [4.78, 5) is 40.8. The van der Waals surface area contributed by atoms with Gasteiger partial charge in [0.2, 0.25) is 23.6 Å². The molecule has 0 saturated carbocycles. The fourth-order valence-electron chi connectivity index (χ4n) is 8.57. The van der Waals surface area contributed by atoms with Gasteiger partial charge in [0.1, 0.15) is 39.9 Å². The SMILES string of the molecule is CC(C)[C@H](O)C(=O)N[C@H]1Cc2ccc3c(c2)C24c5cccc(c5NC2O3)-c2cccc3[nH]c(Cl)c(c23)-c2oc(nc2P)-c2nc(oc24)[C@H](C(C)C)NC1=O. The quantitative estimate of drug-likeness (QED) is 0.136. The minimum atomic E-state index is -1.29. The maximum absolute atomic E-state index is 14.2. The van der Waals surface area contributed by atoms with Gasteiger partial charge in [-0.25, -0.2) is 9.97 Å². The monoisotopic (exact) mass is 762 g/mol. The Morgan fingerprint density at radius 1 is 1.04 bits per heavy atom. The van der Waals surface area contributed by atoms with Gasteiger partial charge in [-0.05, 0) is 35.1 Å². The van der Waals surface area contributed by atoms with E-state index in [0.717, 1.165) is 44.4 Å². The number of para-hydroxylation sites is 1. The number of nitrogens with zero attached hydrogens (tertiary/aromatic N) is 2. The number of fused-ring (bicyclic) bond motifs is 7. The van der Waals surface area contributed by atoms with Gasteiger partial charge in [-0.1, -0.05) is 91.0 Å². The van der Waals surface area contributed by atoms with E-state index < -0.39 is 41.6 Å². The Balaban J connectivity index is 1.30. The fraction of sp³-hybridized carbons (Fsp3) is 0.300. The summed E-state index contributed by atoms with van der Waals surface area (Å²) < 4.78 is 20.5. The first-order valence-corrected chi connectivity index (χ1v) is 19.0. The van der Waals surface area contributed by atoms with E-state index in [0.29, 0.717) is 39.1 Å². The molecule has 274 valence electrons. The molecule has 1 spiro atoms. The molecule has 14 heteroatoms. The van der Waals surface area contributed by atoms with Crippen molar-refractivity contribution in [2.45, 2.75) is 63.9 Å². The molecule has 0 fully saturated rings. The molecule has 12 nitrogen and oxygen atoms in total. The fourth-order valence-corrected chi connectivity index (χ4v) is 9.17. The summed E-state index contributed by atoms with van der Waals surface area (Å²) in [5, 5.41) is 21.6. The van der Waals surface area contributed by atoms with Crippen LogP contribution in [0.15, 0.2) is 63.4 Å². The number of amides is 2. The number of aliphatic hydroxyl groups excluding tert-OH is 1. The van der Waals surface area contributed by atoms with Crippen molar-refractivity contribution in [3.8, 4) is 39.8 Å². The van der Waals surface area contributed by atoms with Crippen LogP contribution in [0.25, 0.3) is 44.9 Å². The molecule has 3 unspecified atom stereocenters. The largest absolute Gasteiger partial charge is 0.469 e. The summed E-state index contributed by atoms with van der Waals surface area (Å²) in [7, 11) is 2.68. The second kappa shape index (κ2) is 11.7. The Morgan fingerprint density at radius 3 is 2.63 bits per heavy atom. The van der Waals surface area contributed by atoms with Gasteiger partial charge in [0.25, 0.3) is 0 Å². The number of nitrogens with one attached hydrogen (secondary N) is 4. The van der Waals surface area contributed by atoms with Crippen molar-refractivity contribution in [1.29, 1.82) is 0 Å². The lowest BCUT2D eigenvalue weighted by Crippen LogP contribution is -2.52. The molecule has 3 aromatic heterocycles. The summed E-state index contributed by atoms with van der Waals surface area (Å²) in [6.07, 6.45) is -1.81. The number of rotatable bonds is 4. The van der Waals surface area contributed by atoms with Gasteiger partial charge in [-0.3, -0.25) is 9.59 Å². The number of aliphatic hydroxyl groups is 1. The van der Waals surface area contributed by atoms with E-state index >= 15 is 0 Å². The van der Waals surface area contributed by atoms with Crippen molar-refractivity contribution in [3.05, 3.63) is 88.1 Å². The second-order valence-corrected chi connectivity index (χ2v) is 16.1. The lowest BCUT2D eigenvalue weighted by Gasteiger charge is -2.29. The zero-order valence-corrected chi connectivity index (χ0v) is 31.6. The maximum Gasteiger partial charge on any atom is 0.250 e. The van der Waals surface area contributed by atoms with Crippen molar-refractivity contribution in [2.24, 2.45) is 11.8 Å². The number of carbonyl (C=O) groups is 2. The van der Waals surface area contributed by atoms with Crippen LogP contribution in [0, 0.1) is 11.8 Å². The van der Waals surface area contributed by atoms with Crippen LogP contribution in [0.4, 0.5) is 5.69 Å². The third kappa shape index (κ3) is 4.50. The number of anilines is 1. The molecule has 4 aliphatic heterocycles. The first-order chi connectivity index (χ1) is 25.9. The molecule has 0 saturated heterocycles. The van der Waals surface area contributed by atoms with Crippen molar-refractivity contribution in [3.63, 3.8) is 0 Å². The summed E-state index contributed by atoms with van der Waals surface area (Å²) in [6.45, 7) is 7.41. The average Bonchev–Trinajstić information content (AvgIpc) is 3.94. The summed E-state index contributed by atoms with van der Waals surface area (Å²) >= 11 is 6.97. The zero-order chi connectivity index (χ0) is 37.4. The Hall–Kier alpha value is -5.16. The van der Waals surface area contributed by atoms with Crippen molar-refractivity contribution in [2.75, 3.05) is 5.32 Å². The van der Waals surface area contributed by atoms with Gasteiger partial charge in [0, 0.05) is 39.7 Å². The molecular weight excluding hydrogens is 727 g/mol. The molecule has 6 aromatic rings. The topological polar surface area (TPSA) is 168 Å². The van der Waals surface area contributed by atoms with Crippen LogP contribution in [-0.4, -0.2) is 50.2 Å². The minimum Gasteiger partial charge on any atom is -0.469 e. The Morgan fingerprint density at radius 2 is 1.83 bits per heavy atom. The van der Waals surface area contributed by atoms with E-state index in [1.165, 1.54) is 0 Å². The first-order valence-electron chi connectivity index (χ1n) is 18.0. The van der Waals surface area contributed by atoms with Gasteiger partial charge in [-0.2, -0.15) is 0 Å². The highest BCUT2D eigenvalue weighted by Gasteiger charge is 2.61. The Kier molecular flexibility index (Phi) is 7.22. The molecule has 0 aliphatic carbocycles. The molecule has 0 radical (unpaired) electrons. The highest BCUT2D eigenvalue weighted by atomic mass is 35.5. The zero-order valence-electron chi connectivity index (χ0n) is 29.7. The standard InChI is InChI=1S/C40H36ClN6O6P/c1-15(2)27-36-45-29-32(53-36)40-20-9-5-8-19(18-7-6-10-22-25(18)26(33(41)42-22)31-38(54)47-37(29)52-31)28(20)46-39(40)51-24-12-11-17(13-21(24)40)14-23(34(49)44-27)43-35(50)30(48)16(3)4/h5-13,15-16,23,27,30,39,42,46,48H,14,54H2,1-4H3,(H,43,50)(H,44,49)/t23-,27-,30-,39?,40?/m0/s1. The Labute approximate surface area is 316 Å². The molecule has 4 aliphatic rings. The van der Waals surface area contributed by atoms with Crippen LogP contribution >= 0.6 is 20.8 Å². The normalized spacial score (nSPS) is 22.2. The predicted octanol–water partition coefficient (Wildman–Crippen LogP) is 5.96. The van der Waals surface area contributed by atoms with E-state index in [2.05, 4.69) is 48.4 Å². The third-order valence-corrected chi connectivity index (χ3v) is 11.9. The molecule has 2 amide bonds. The van der Waals surface area contributed by atoms with Crippen LogP contribution in [0.5, 0.6) is 5.75 Å². The predicted molar refractivity (Wildman–Crippen MR) is 206 cm³/mol. The van der Waals surface area contributed by atoms with Gasteiger partial charge in [0.05, 0.1) is 5.56 Å². The highest BCUT2D eigenvalue weighted by Crippen LogP contribution is 2.61. The molecule has 54 heavy (non-hydrogen) atoms. The summed E-state index contributed by atoms with van der Waals surface area (Å²) in [6, 6.07) is 16.3. The van der Waals surface area contributed by atoms with E-state index in [4.69, 9.17) is 35.1 Å². The number of oxazole rings is 2. The van der Waals surface area contributed by atoms with Crippen molar-refractivity contribution in [1.82, 2.24) is 25.6 Å². The summed E-state index contributed by atoms with van der Waals surface area (Å²) in [5.41, 5.74) is 6.48. The molecule has 5 N–H and O–H groups in total. The lowest BCUT2D eigenvalue weighted by atomic mass is 9.72. The van der Waals surface area contributed by atoms with Crippen LogP contribution in [0.3, 0.4) is 0 Å². The van der Waals surface area contributed by atoms with Crippen LogP contribution in [0.2, 0.25) is 5.15 Å². The lowest BCUT2D eigenvalue weighted by molar-refractivity contribution is -0.135. The first kappa shape index (κ1) is 33.4. The smallest absolute Gasteiger partial charge is 0.250 e. The van der Waals surface area contributed by atoms with Crippen LogP contribution < -0.4 is 26.1 Å². The number of ether oxygens (including phenoxy) is 1. The molecule has 7 heterocycles. The number of H-pyrrole nitrogens is 1. The van der Waals surface area contributed by atoms with E-state index in [1.807, 2.05) is 50.2 Å². The van der Waals surface area contributed by atoms with E-state index in [-0.39, 0.29) is 30.0 Å². The summed E-state index contributed by atoms with van der Waals surface area (Å²) in [5.74, 6) is 0.377. The number of halogens is 1. The number of aromatic nitrogens is 3. The second-order valence-electron chi connectivity index (χ2n) is 15.2. The van der Waals surface area contributed by atoms with Gasteiger partial charge in [0.15, 0.2) is 23.4 Å². The number of aromatic amines is 1. The molecule has 6 atom stereocenters. The Bertz CT molecular complexity index is 2590. The van der Waals surface area contributed by atoms with Crippen molar-refractivity contribution < 1.29 is 28.3 Å². The van der Waals surface area contributed by atoms with E-state index in [1.54, 1.807) is 13.8 Å². The van der Waals surface area contributed by atoms with Gasteiger partial charge < -0.3 is 39.6 Å². The van der Waals surface area contributed by atoms with Gasteiger partial charge in [-0.15, -0.1) is 0 Å². The van der Waals surface area contributed by atoms with Gasteiger partial charge >= 0.3 is 0 Å². The number of hydrogen-bond acceptors (Lipinski definition) is 9. The van der Waals surface area contributed by atoms with Crippen LogP contribution in [-0.2, 0) is 21.4 Å². The maximum atomic E-state index is 14.2. The third-order valence-electron chi connectivity index (χ3n) is 11.2. The number of benzene rings is 3. The average molecular weight is 763 g/mol.